The van der Waals surface area contributed by atoms with E-state index in [4.69, 9.17) is 11.6 Å². The van der Waals surface area contributed by atoms with Gasteiger partial charge in [0.25, 0.3) is 5.91 Å². The van der Waals surface area contributed by atoms with E-state index in [1.807, 2.05) is 6.07 Å². The number of amides is 1. The van der Waals surface area contributed by atoms with Crippen molar-refractivity contribution in [2.75, 3.05) is 0 Å². The molecule has 124 valence electrons. The van der Waals surface area contributed by atoms with Crippen LogP contribution in [0.4, 0.5) is 8.78 Å². The van der Waals surface area contributed by atoms with Gasteiger partial charge in [0.2, 0.25) is 0 Å². The van der Waals surface area contributed by atoms with Crippen LogP contribution in [0.3, 0.4) is 0 Å². The minimum absolute atomic E-state index is 0.0528. The van der Waals surface area contributed by atoms with Crippen molar-refractivity contribution in [1.29, 1.82) is 0 Å². The maximum atomic E-state index is 12.2. The summed E-state index contributed by atoms with van der Waals surface area (Å²) in [6, 6.07) is 13.2. The molecule has 1 amide bonds. The van der Waals surface area contributed by atoms with E-state index in [0.717, 1.165) is 10.9 Å². The first-order valence-corrected chi connectivity index (χ1v) is 7.49. The third kappa shape index (κ3) is 3.83. The number of benzene rings is 2. The van der Waals surface area contributed by atoms with Crippen LogP contribution in [0.15, 0.2) is 48.5 Å². The summed E-state index contributed by atoms with van der Waals surface area (Å²) in [6.07, 6.45) is 0. The first-order valence-electron chi connectivity index (χ1n) is 7.11. The summed E-state index contributed by atoms with van der Waals surface area (Å²) in [5.41, 5.74) is 1.81. The lowest BCUT2D eigenvalue weighted by molar-refractivity contribution is -0.0498. The fourth-order valence-corrected chi connectivity index (χ4v) is 2.50. The van der Waals surface area contributed by atoms with Crippen LogP contribution in [0.2, 0.25) is 5.02 Å². The minimum Gasteiger partial charge on any atom is -0.435 e. The molecule has 0 aliphatic heterocycles. The van der Waals surface area contributed by atoms with Crippen LogP contribution in [0.5, 0.6) is 5.75 Å². The number of fused-ring (bicyclic) bond motifs is 1. The predicted octanol–water partition coefficient (Wildman–Crippen LogP) is 4.35. The van der Waals surface area contributed by atoms with Crippen molar-refractivity contribution in [1.82, 2.24) is 10.3 Å². The van der Waals surface area contributed by atoms with Crippen molar-refractivity contribution in [3.05, 3.63) is 64.8 Å². The van der Waals surface area contributed by atoms with E-state index in [0.29, 0.717) is 16.3 Å². The standard InChI is InChI=1S/C17H13ClF2N2O2/c18-12-5-4-11-7-15(22-14(11)8-12)16(23)21-9-10-2-1-3-13(6-10)24-17(19)20/h1-8,17,22H,9H2,(H,21,23). The zero-order valence-electron chi connectivity index (χ0n) is 12.4. The normalized spacial score (nSPS) is 11.0. The van der Waals surface area contributed by atoms with Gasteiger partial charge in [0.15, 0.2) is 0 Å². The molecule has 0 bridgehead atoms. The number of H-pyrrole nitrogens is 1. The first-order chi connectivity index (χ1) is 11.5. The van der Waals surface area contributed by atoms with Gasteiger partial charge < -0.3 is 15.0 Å². The molecule has 4 nitrogen and oxygen atoms in total. The number of carbonyl (C=O) groups excluding carboxylic acids is 1. The predicted molar refractivity (Wildman–Crippen MR) is 87.6 cm³/mol. The second-order valence-corrected chi connectivity index (χ2v) is 5.56. The fourth-order valence-electron chi connectivity index (χ4n) is 2.33. The molecule has 0 atom stereocenters. The summed E-state index contributed by atoms with van der Waals surface area (Å²) in [5, 5.41) is 4.17. The Morgan fingerprint density at radius 2 is 2.04 bits per heavy atom. The number of hydrogen-bond donors (Lipinski definition) is 2. The average molecular weight is 351 g/mol. The van der Waals surface area contributed by atoms with Gasteiger partial charge in [0.05, 0.1) is 0 Å². The summed E-state index contributed by atoms with van der Waals surface area (Å²) in [4.78, 5) is 15.2. The number of alkyl halides is 2. The Kier molecular flexibility index (Phi) is 4.66. The first kappa shape index (κ1) is 16.3. The highest BCUT2D eigenvalue weighted by Crippen LogP contribution is 2.20. The van der Waals surface area contributed by atoms with Crippen molar-refractivity contribution in [2.24, 2.45) is 0 Å². The fraction of sp³-hybridized carbons (Fsp3) is 0.118. The lowest BCUT2D eigenvalue weighted by Crippen LogP contribution is -2.23. The zero-order valence-corrected chi connectivity index (χ0v) is 13.1. The molecule has 0 spiro atoms. The van der Waals surface area contributed by atoms with Gasteiger partial charge in [-0.15, -0.1) is 0 Å². The SMILES string of the molecule is O=C(NCc1cccc(OC(F)F)c1)c1cc2ccc(Cl)cc2[nH]1. The molecule has 24 heavy (non-hydrogen) atoms. The van der Waals surface area contributed by atoms with Crippen molar-refractivity contribution in [3.63, 3.8) is 0 Å². The van der Waals surface area contributed by atoms with Gasteiger partial charge in [-0.1, -0.05) is 29.8 Å². The minimum atomic E-state index is -2.88. The van der Waals surface area contributed by atoms with Crippen LogP contribution in [0.25, 0.3) is 10.9 Å². The van der Waals surface area contributed by atoms with E-state index in [1.54, 1.807) is 30.3 Å². The third-order valence-corrected chi connectivity index (χ3v) is 3.64. The van der Waals surface area contributed by atoms with Gasteiger partial charge in [-0.25, -0.2) is 0 Å². The summed E-state index contributed by atoms with van der Waals surface area (Å²) < 4.78 is 28.8. The van der Waals surface area contributed by atoms with E-state index >= 15 is 0 Å². The Hall–Kier alpha value is -2.60. The van der Waals surface area contributed by atoms with E-state index in [-0.39, 0.29) is 18.2 Å². The molecule has 0 aliphatic carbocycles. The molecule has 1 aromatic heterocycles. The van der Waals surface area contributed by atoms with E-state index < -0.39 is 6.61 Å². The smallest absolute Gasteiger partial charge is 0.387 e. The molecule has 3 rings (SSSR count). The van der Waals surface area contributed by atoms with Gasteiger partial charge in [0, 0.05) is 22.5 Å². The van der Waals surface area contributed by atoms with Gasteiger partial charge in [-0.05, 0) is 35.9 Å². The van der Waals surface area contributed by atoms with Crippen LogP contribution >= 0.6 is 11.6 Å². The quantitative estimate of drug-likeness (QED) is 0.718. The number of hydrogen-bond acceptors (Lipinski definition) is 2. The lowest BCUT2D eigenvalue weighted by Gasteiger charge is -2.07. The summed E-state index contributed by atoms with van der Waals surface area (Å²) in [5.74, 6) is -0.250. The summed E-state index contributed by atoms with van der Waals surface area (Å²) in [6.45, 7) is -2.69. The highest BCUT2D eigenvalue weighted by molar-refractivity contribution is 6.31. The molecule has 7 heteroatoms. The Labute approximate surface area is 141 Å². The number of carbonyl (C=O) groups is 1. The molecular weight excluding hydrogens is 338 g/mol. The Bertz CT molecular complexity index is 880. The molecule has 2 N–H and O–H groups in total. The molecule has 0 radical (unpaired) electrons. The van der Waals surface area contributed by atoms with Crippen molar-refractivity contribution < 1.29 is 18.3 Å². The second-order valence-electron chi connectivity index (χ2n) is 5.12. The largest absolute Gasteiger partial charge is 0.435 e. The average Bonchev–Trinajstić information content (AvgIpc) is 2.95. The maximum Gasteiger partial charge on any atom is 0.387 e. The van der Waals surface area contributed by atoms with Crippen molar-refractivity contribution in [2.45, 2.75) is 13.2 Å². The highest BCUT2D eigenvalue weighted by Gasteiger charge is 2.10. The molecule has 0 aliphatic rings. The highest BCUT2D eigenvalue weighted by atomic mass is 35.5. The van der Waals surface area contributed by atoms with Gasteiger partial charge in [-0.3, -0.25) is 4.79 Å². The topological polar surface area (TPSA) is 54.1 Å². The zero-order chi connectivity index (χ0) is 17.1. The Morgan fingerprint density at radius 3 is 2.83 bits per heavy atom. The van der Waals surface area contributed by atoms with Gasteiger partial charge in [-0.2, -0.15) is 8.78 Å². The molecule has 0 unspecified atom stereocenters. The van der Waals surface area contributed by atoms with Crippen LogP contribution in [0, 0.1) is 0 Å². The number of aromatic amines is 1. The Balaban J connectivity index is 1.68. The number of aromatic nitrogens is 1. The number of rotatable bonds is 5. The molecule has 3 aromatic rings. The third-order valence-electron chi connectivity index (χ3n) is 3.41. The van der Waals surface area contributed by atoms with E-state index in [9.17, 15) is 13.6 Å². The number of halogens is 3. The van der Waals surface area contributed by atoms with E-state index in [1.165, 1.54) is 12.1 Å². The monoisotopic (exact) mass is 350 g/mol. The molecule has 0 saturated carbocycles. The molecule has 1 heterocycles. The second kappa shape index (κ2) is 6.88. The van der Waals surface area contributed by atoms with Crippen LogP contribution in [-0.2, 0) is 6.54 Å². The number of nitrogens with one attached hydrogen (secondary N) is 2. The van der Waals surface area contributed by atoms with Crippen molar-refractivity contribution in [3.8, 4) is 5.75 Å². The molecular formula is C17H13ClF2N2O2. The van der Waals surface area contributed by atoms with Crippen molar-refractivity contribution >= 4 is 28.4 Å². The van der Waals surface area contributed by atoms with Crippen LogP contribution in [-0.4, -0.2) is 17.5 Å². The molecule has 0 fully saturated rings. The Morgan fingerprint density at radius 1 is 1.21 bits per heavy atom. The summed E-state index contributed by atoms with van der Waals surface area (Å²) in [7, 11) is 0. The van der Waals surface area contributed by atoms with E-state index in [2.05, 4.69) is 15.0 Å². The molecule has 2 aromatic carbocycles. The van der Waals surface area contributed by atoms with Gasteiger partial charge in [0.1, 0.15) is 11.4 Å². The maximum absolute atomic E-state index is 12.2. The van der Waals surface area contributed by atoms with Crippen LogP contribution < -0.4 is 10.1 Å². The number of ether oxygens (including phenoxy) is 1. The lowest BCUT2D eigenvalue weighted by atomic mass is 10.2. The molecule has 0 saturated heterocycles. The van der Waals surface area contributed by atoms with Crippen LogP contribution in [0.1, 0.15) is 16.1 Å². The summed E-state index contributed by atoms with van der Waals surface area (Å²) >= 11 is 5.91. The van der Waals surface area contributed by atoms with Gasteiger partial charge >= 0.3 is 6.61 Å².